The Morgan fingerprint density at radius 1 is 1.22 bits per heavy atom. The minimum absolute atomic E-state index is 0.0387. The van der Waals surface area contributed by atoms with E-state index in [2.05, 4.69) is 25.1 Å². The van der Waals surface area contributed by atoms with Gasteiger partial charge in [0.05, 0.1) is 18.7 Å². The van der Waals surface area contributed by atoms with Crippen LogP contribution >= 0.6 is 11.3 Å². The van der Waals surface area contributed by atoms with Gasteiger partial charge >= 0.3 is 6.18 Å². The van der Waals surface area contributed by atoms with Gasteiger partial charge in [0.15, 0.2) is 0 Å². The Kier molecular flexibility index (Phi) is 9.10. The molecule has 36 heavy (non-hydrogen) atoms. The van der Waals surface area contributed by atoms with E-state index in [0.29, 0.717) is 28.8 Å². The number of aromatic nitrogens is 3. The summed E-state index contributed by atoms with van der Waals surface area (Å²) in [6.07, 6.45) is 3.82. The van der Waals surface area contributed by atoms with E-state index < -0.39 is 12.6 Å². The monoisotopic (exact) mass is 527 g/mol. The zero-order valence-electron chi connectivity index (χ0n) is 20.4. The Balaban J connectivity index is 1.12. The van der Waals surface area contributed by atoms with Crippen LogP contribution in [0.15, 0.2) is 9.41 Å². The van der Waals surface area contributed by atoms with Gasteiger partial charge in [-0.05, 0) is 56.9 Å². The molecular weight excluding hydrogens is 495 g/mol. The second-order valence-electron chi connectivity index (χ2n) is 9.54. The molecule has 0 radical (unpaired) electrons. The molecule has 2 aliphatic rings. The molecule has 2 aromatic heterocycles. The SMILES string of the molecule is Cc1nnc(CC(=O)/N=C\C2CCC(CCN3CCc4nc(OCCC(F)(F)F)sc4CC3)CC2)o1. The maximum atomic E-state index is 12.3. The fraction of sp³-hybridized carbons (Fsp3) is 0.708. The summed E-state index contributed by atoms with van der Waals surface area (Å²) < 4.78 is 47.4. The Bertz CT molecular complexity index is 1010. The fourth-order valence-electron chi connectivity index (χ4n) is 4.69. The number of halogens is 3. The van der Waals surface area contributed by atoms with Crippen LogP contribution in [-0.4, -0.2) is 64.6 Å². The number of amides is 1. The van der Waals surface area contributed by atoms with E-state index in [-0.39, 0.29) is 18.9 Å². The van der Waals surface area contributed by atoms with Gasteiger partial charge in [-0.2, -0.15) is 13.2 Å². The number of carbonyl (C=O) groups is 1. The van der Waals surface area contributed by atoms with Crippen LogP contribution < -0.4 is 4.74 Å². The first-order valence-electron chi connectivity index (χ1n) is 12.5. The highest BCUT2D eigenvalue weighted by atomic mass is 32.1. The number of hydrogen-bond donors (Lipinski definition) is 0. The third-order valence-electron chi connectivity index (χ3n) is 6.73. The Morgan fingerprint density at radius 3 is 2.72 bits per heavy atom. The summed E-state index contributed by atoms with van der Waals surface area (Å²) >= 11 is 1.38. The van der Waals surface area contributed by atoms with Crippen LogP contribution in [0.2, 0.25) is 0 Å². The Morgan fingerprint density at radius 2 is 2.00 bits per heavy atom. The number of thiazole rings is 1. The molecule has 0 spiro atoms. The molecule has 1 saturated carbocycles. The van der Waals surface area contributed by atoms with E-state index in [1.165, 1.54) is 11.3 Å². The zero-order chi connectivity index (χ0) is 25.5. The quantitative estimate of drug-likeness (QED) is 0.440. The van der Waals surface area contributed by atoms with E-state index >= 15 is 0 Å². The molecule has 2 aromatic rings. The molecule has 1 aliphatic heterocycles. The average molecular weight is 528 g/mol. The number of alkyl halides is 3. The van der Waals surface area contributed by atoms with Crippen molar-refractivity contribution in [2.75, 3.05) is 26.2 Å². The lowest BCUT2D eigenvalue weighted by molar-refractivity contribution is -0.139. The molecule has 1 aliphatic carbocycles. The summed E-state index contributed by atoms with van der Waals surface area (Å²) in [6.45, 7) is 4.18. The summed E-state index contributed by atoms with van der Waals surface area (Å²) in [6, 6.07) is 0. The molecule has 0 bridgehead atoms. The van der Waals surface area contributed by atoms with Crippen LogP contribution in [0.25, 0.3) is 0 Å². The van der Waals surface area contributed by atoms with Crippen LogP contribution in [0.1, 0.15) is 60.9 Å². The number of rotatable bonds is 9. The van der Waals surface area contributed by atoms with Crippen molar-refractivity contribution >= 4 is 23.5 Å². The van der Waals surface area contributed by atoms with Crippen molar-refractivity contribution < 1.29 is 27.1 Å². The number of carbonyl (C=O) groups excluding carboxylic acids is 1. The molecule has 1 fully saturated rings. The summed E-state index contributed by atoms with van der Waals surface area (Å²) in [5.41, 5.74) is 0.966. The molecule has 0 unspecified atom stereocenters. The molecule has 0 atom stereocenters. The number of ether oxygens (including phenoxy) is 1. The van der Waals surface area contributed by atoms with Gasteiger partial charge in [-0.3, -0.25) is 4.79 Å². The van der Waals surface area contributed by atoms with Crippen LogP contribution in [0.3, 0.4) is 0 Å². The number of aliphatic imine (C=N–C) groups is 1. The van der Waals surface area contributed by atoms with Gasteiger partial charge in [0, 0.05) is 37.5 Å². The first kappa shape index (κ1) is 26.7. The molecule has 0 N–H and O–H groups in total. The predicted molar refractivity (Wildman–Crippen MR) is 128 cm³/mol. The maximum absolute atomic E-state index is 12.3. The number of aryl methyl sites for hydroxylation is 1. The predicted octanol–water partition coefficient (Wildman–Crippen LogP) is 4.60. The average Bonchev–Trinajstić information content (AvgIpc) is 3.36. The van der Waals surface area contributed by atoms with Gasteiger partial charge in [-0.25, -0.2) is 9.98 Å². The van der Waals surface area contributed by atoms with Crippen LogP contribution in [-0.2, 0) is 24.1 Å². The van der Waals surface area contributed by atoms with E-state index in [0.717, 1.165) is 75.2 Å². The highest BCUT2D eigenvalue weighted by molar-refractivity contribution is 7.13. The van der Waals surface area contributed by atoms with Gasteiger partial charge in [0.25, 0.3) is 11.1 Å². The Hall–Kier alpha value is -2.34. The number of nitrogens with zero attached hydrogens (tertiary/aromatic N) is 5. The lowest BCUT2D eigenvalue weighted by Gasteiger charge is -2.28. The molecule has 8 nitrogen and oxygen atoms in total. The minimum atomic E-state index is -4.21. The molecule has 0 aromatic carbocycles. The first-order valence-corrected chi connectivity index (χ1v) is 13.3. The van der Waals surface area contributed by atoms with Crippen molar-refractivity contribution in [2.24, 2.45) is 16.8 Å². The van der Waals surface area contributed by atoms with Crippen molar-refractivity contribution in [3.63, 3.8) is 0 Å². The standard InChI is InChI=1S/C24H32F3N5O3S/c1-16-30-31-22(35-16)14-21(33)28-15-18-4-2-17(3-5-18)6-10-32-11-7-19-20(8-12-32)36-23(29-19)34-13-9-24(25,26)27/h15,17-18H,2-14H2,1H3/b28-15-. The molecule has 12 heteroatoms. The zero-order valence-corrected chi connectivity index (χ0v) is 21.2. The molecule has 1 amide bonds. The smallest absolute Gasteiger partial charge is 0.392 e. The van der Waals surface area contributed by atoms with Gasteiger partial charge in [-0.1, -0.05) is 11.3 Å². The fourth-order valence-corrected chi connectivity index (χ4v) is 5.66. The first-order chi connectivity index (χ1) is 17.2. The largest absolute Gasteiger partial charge is 0.470 e. The number of hydrogen-bond acceptors (Lipinski definition) is 8. The third kappa shape index (κ3) is 8.36. The highest BCUT2D eigenvalue weighted by Crippen LogP contribution is 2.32. The second-order valence-corrected chi connectivity index (χ2v) is 10.6. The highest BCUT2D eigenvalue weighted by Gasteiger charge is 2.27. The van der Waals surface area contributed by atoms with Gasteiger partial charge in [-0.15, -0.1) is 10.2 Å². The topological polar surface area (TPSA) is 93.7 Å². The lowest BCUT2D eigenvalue weighted by atomic mass is 9.81. The van der Waals surface area contributed by atoms with Crippen LogP contribution in [0.4, 0.5) is 13.2 Å². The third-order valence-corrected chi connectivity index (χ3v) is 7.80. The summed E-state index contributed by atoms with van der Waals surface area (Å²) in [5.74, 6) is 1.49. The van der Waals surface area contributed by atoms with Crippen molar-refractivity contribution in [1.29, 1.82) is 0 Å². The Labute approximate surface area is 212 Å². The number of fused-ring (bicyclic) bond motifs is 1. The van der Waals surface area contributed by atoms with Crippen molar-refractivity contribution in [3.8, 4) is 5.19 Å². The second kappa shape index (κ2) is 12.3. The summed E-state index contributed by atoms with van der Waals surface area (Å²) in [4.78, 5) is 24.1. The van der Waals surface area contributed by atoms with Gasteiger partial charge in [0.2, 0.25) is 11.8 Å². The molecule has 4 rings (SSSR count). The molecular formula is C24H32F3N5O3S. The lowest BCUT2D eigenvalue weighted by Crippen LogP contribution is -2.29. The van der Waals surface area contributed by atoms with Crippen LogP contribution in [0.5, 0.6) is 5.19 Å². The maximum Gasteiger partial charge on any atom is 0.392 e. The molecule has 198 valence electrons. The van der Waals surface area contributed by atoms with E-state index in [4.69, 9.17) is 9.15 Å². The molecule has 0 saturated heterocycles. The normalized spacial score (nSPS) is 21.4. The van der Waals surface area contributed by atoms with E-state index in [9.17, 15) is 18.0 Å². The summed E-state index contributed by atoms with van der Waals surface area (Å²) in [7, 11) is 0. The van der Waals surface area contributed by atoms with Gasteiger partial charge < -0.3 is 14.1 Å². The van der Waals surface area contributed by atoms with Crippen molar-refractivity contribution in [3.05, 3.63) is 22.4 Å². The van der Waals surface area contributed by atoms with Gasteiger partial charge in [0.1, 0.15) is 6.42 Å². The van der Waals surface area contributed by atoms with Crippen molar-refractivity contribution in [1.82, 2.24) is 20.1 Å². The molecule has 3 heterocycles. The summed E-state index contributed by atoms with van der Waals surface area (Å²) in [5, 5.41) is 7.90. The van der Waals surface area contributed by atoms with E-state index in [1.807, 2.05) is 0 Å². The minimum Gasteiger partial charge on any atom is -0.470 e. The van der Waals surface area contributed by atoms with E-state index in [1.54, 1.807) is 13.1 Å². The van der Waals surface area contributed by atoms with Crippen LogP contribution in [0, 0.1) is 18.8 Å². The van der Waals surface area contributed by atoms with Crippen molar-refractivity contribution in [2.45, 2.75) is 70.9 Å².